The lowest BCUT2D eigenvalue weighted by atomic mass is 10.0. The lowest BCUT2D eigenvalue weighted by Gasteiger charge is -2.35. The molecule has 5 nitrogen and oxygen atoms in total. The first-order chi connectivity index (χ1) is 12.7. The van der Waals surface area contributed by atoms with E-state index in [1.165, 1.54) is 14.2 Å². The van der Waals surface area contributed by atoms with Crippen molar-refractivity contribution >= 4 is 7.14 Å². The van der Waals surface area contributed by atoms with Crippen molar-refractivity contribution < 1.29 is 19.1 Å². The molecule has 0 aliphatic carbocycles. The molecule has 0 spiro atoms. The molecule has 1 aromatic carbocycles. The summed E-state index contributed by atoms with van der Waals surface area (Å²) in [5, 5.41) is 10.3. The van der Waals surface area contributed by atoms with Crippen LogP contribution in [0.25, 0.3) is 0 Å². The van der Waals surface area contributed by atoms with Gasteiger partial charge in [0.25, 0.3) is 0 Å². The van der Waals surface area contributed by atoms with E-state index in [4.69, 9.17) is 9.47 Å². The van der Waals surface area contributed by atoms with Crippen molar-refractivity contribution in [3.05, 3.63) is 47.8 Å². The molecular weight excluding hydrogens is 361 g/mol. The summed E-state index contributed by atoms with van der Waals surface area (Å²) < 4.78 is 24.9. The maximum absolute atomic E-state index is 14.2. The average molecular weight is 391 g/mol. The summed E-state index contributed by atoms with van der Waals surface area (Å²) in [6.45, 7) is 8.08. The standard InChI is InChI=1S/C21H30NO4P/c1-14(2)27(24,15(3)4)20(10-16-8-7-9-22-13-16)17-11-18(25-5)21(23)19(12-17)26-6/h7-9,11-15,20,23H,10H2,1-6H3. The summed E-state index contributed by atoms with van der Waals surface area (Å²) in [6, 6.07) is 7.44. The van der Waals surface area contributed by atoms with Crippen LogP contribution < -0.4 is 9.47 Å². The van der Waals surface area contributed by atoms with Gasteiger partial charge in [-0.05, 0) is 35.7 Å². The second kappa shape index (κ2) is 8.79. The van der Waals surface area contributed by atoms with Crippen molar-refractivity contribution in [2.24, 2.45) is 0 Å². The molecule has 0 bridgehead atoms. The maximum atomic E-state index is 14.2. The van der Waals surface area contributed by atoms with Gasteiger partial charge < -0.3 is 19.1 Å². The number of pyridine rings is 1. The fourth-order valence-electron chi connectivity index (χ4n) is 3.66. The number of nitrogens with zero attached hydrogens (tertiary/aromatic N) is 1. The zero-order valence-electron chi connectivity index (χ0n) is 17.0. The quantitative estimate of drug-likeness (QED) is 0.621. The van der Waals surface area contributed by atoms with Crippen LogP contribution in [0.3, 0.4) is 0 Å². The molecule has 148 valence electrons. The second-order valence-corrected chi connectivity index (χ2v) is 11.5. The van der Waals surface area contributed by atoms with E-state index in [0.29, 0.717) is 17.9 Å². The molecule has 0 saturated carbocycles. The Morgan fingerprint density at radius 1 is 1.07 bits per heavy atom. The molecule has 0 radical (unpaired) electrons. The fraction of sp³-hybridized carbons (Fsp3) is 0.476. The van der Waals surface area contributed by atoms with Crippen LogP contribution in [-0.4, -0.2) is 35.6 Å². The van der Waals surface area contributed by atoms with Crippen LogP contribution in [0.15, 0.2) is 36.7 Å². The monoisotopic (exact) mass is 391 g/mol. The summed E-state index contributed by atoms with van der Waals surface area (Å²) in [5.41, 5.74) is 1.67. The van der Waals surface area contributed by atoms with Gasteiger partial charge in [0.2, 0.25) is 5.75 Å². The molecule has 0 aliphatic heterocycles. The van der Waals surface area contributed by atoms with Crippen molar-refractivity contribution in [3.63, 3.8) is 0 Å². The van der Waals surface area contributed by atoms with Crippen LogP contribution in [-0.2, 0) is 11.0 Å². The van der Waals surface area contributed by atoms with Gasteiger partial charge in [-0.3, -0.25) is 4.98 Å². The zero-order valence-corrected chi connectivity index (χ0v) is 17.9. The number of phenols is 1. The smallest absolute Gasteiger partial charge is 0.200 e. The summed E-state index contributed by atoms with van der Waals surface area (Å²) in [7, 11) is 0.341. The van der Waals surface area contributed by atoms with Crippen LogP contribution in [0.2, 0.25) is 0 Å². The van der Waals surface area contributed by atoms with Crippen LogP contribution in [0.4, 0.5) is 0 Å². The van der Waals surface area contributed by atoms with Gasteiger partial charge in [0, 0.05) is 29.4 Å². The van der Waals surface area contributed by atoms with E-state index in [1.54, 1.807) is 18.3 Å². The van der Waals surface area contributed by atoms with Crippen molar-refractivity contribution in [1.29, 1.82) is 0 Å². The highest BCUT2D eigenvalue weighted by Crippen LogP contribution is 2.67. The first-order valence-corrected chi connectivity index (χ1v) is 11.1. The lowest BCUT2D eigenvalue weighted by Crippen LogP contribution is -2.18. The van der Waals surface area contributed by atoms with Gasteiger partial charge in [-0.25, -0.2) is 0 Å². The fourth-order valence-corrected chi connectivity index (χ4v) is 7.40. The number of aromatic nitrogens is 1. The number of rotatable bonds is 8. The molecule has 2 aromatic rings. The van der Waals surface area contributed by atoms with Crippen molar-refractivity contribution in [2.75, 3.05) is 14.2 Å². The molecule has 1 aromatic heterocycles. The summed E-state index contributed by atoms with van der Waals surface area (Å²) in [6.07, 6.45) is 4.14. The number of methoxy groups -OCH3 is 2. The van der Waals surface area contributed by atoms with E-state index in [9.17, 15) is 9.67 Å². The van der Waals surface area contributed by atoms with E-state index in [0.717, 1.165) is 11.1 Å². The lowest BCUT2D eigenvalue weighted by molar-refractivity contribution is 0.339. The van der Waals surface area contributed by atoms with Gasteiger partial charge in [-0.1, -0.05) is 33.8 Å². The number of hydrogen-bond donors (Lipinski definition) is 1. The Morgan fingerprint density at radius 3 is 2.04 bits per heavy atom. The molecule has 1 heterocycles. The normalized spacial score (nSPS) is 13.0. The third-order valence-electron chi connectivity index (χ3n) is 5.14. The first-order valence-electron chi connectivity index (χ1n) is 9.18. The first kappa shape index (κ1) is 21.3. The Balaban J connectivity index is 2.67. The Labute approximate surface area is 162 Å². The summed E-state index contributed by atoms with van der Waals surface area (Å²) in [5.74, 6) is 0.590. The highest BCUT2D eigenvalue weighted by molar-refractivity contribution is 7.65. The van der Waals surface area contributed by atoms with Gasteiger partial charge in [-0.2, -0.15) is 0 Å². The third kappa shape index (κ3) is 4.30. The van der Waals surface area contributed by atoms with E-state index in [2.05, 4.69) is 4.98 Å². The van der Waals surface area contributed by atoms with Crippen LogP contribution in [0.5, 0.6) is 17.2 Å². The minimum absolute atomic E-state index is 0.0185. The molecule has 27 heavy (non-hydrogen) atoms. The van der Waals surface area contributed by atoms with E-state index < -0.39 is 7.14 Å². The molecule has 1 N–H and O–H groups in total. The third-order valence-corrected chi connectivity index (χ3v) is 9.82. The summed E-state index contributed by atoms with van der Waals surface area (Å²) in [4.78, 5) is 4.21. The predicted octanol–water partition coefficient (Wildman–Crippen LogP) is 5.27. The highest BCUT2D eigenvalue weighted by atomic mass is 31.2. The van der Waals surface area contributed by atoms with E-state index in [-0.39, 0.29) is 22.7 Å². The van der Waals surface area contributed by atoms with E-state index >= 15 is 0 Å². The number of phenolic OH excluding ortho intramolecular Hbond substituents is 1. The van der Waals surface area contributed by atoms with Crippen molar-refractivity contribution in [3.8, 4) is 17.2 Å². The Hall–Kier alpha value is -2.00. The van der Waals surface area contributed by atoms with Gasteiger partial charge in [-0.15, -0.1) is 0 Å². The molecule has 6 heteroatoms. The summed E-state index contributed by atoms with van der Waals surface area (Å²) >= 11 is 0. The predicted molar refractivity (Wildman–Crippen MR) is 110 cm³/mol. The van der Waals surface area contributed by atoms with Crippen LogP contribution in [0, 0.1) is 0 Å². The van der Waals surface area contributed by atoms with Crippen molar-refractivity contribution in [2.45, 2.75) is 51.1 Å². The molecule has 0 saturated heterocycles. The highest BCUT2D eigenvalue weighted by Gasteiger charge is 2.40. The molecule has 1 unspecified atom stereocenters. The van der Waals surface area contributed by atoms with Gasteiger partial charge in [0.05, 0.1) is 21.4 Å². The topological polar surface area (TPSA) is 68.7 Å². The van der Waals surface area contributed by atoms with Gasteiger partial charge >= 0.3 is 0 Å². The molecule has 0 fully saturated rings. The molecular formula is C21H30NO4P. The number of benzene rings is 1. The minimum atomic E-state index is -2.66. The number of aromatic hydroxyl groups is 1. The zero-order chi connectivity index (χ0) is 20.2. The van der Waals surface area contributed by atoms with Crippen molar-refractivity contribution in [1.82, 2.24) is 4.98 Å². The largest absolute Gasteiger partial charge is 0.502 e. The second-order valence-electron chi connectivity index (χ2n) is 7.31. The average Bonchev–Trinajstić information content (AvgIpc) is 2.66. The van der Waals surface area contributed by atoms with Crippen LogP contribution in [0.1, 0.15) is 44.5 Å². The van der Waals surface area contributed by atoms with Gasteiger partial charge in [0.15, 0.2) is 11.5 Å². The molecule has 0 aliphatic rings. The number of hydrogen-bond acceptors (Lipinski definition) is 5. The molecule has 2 rings (SSSR count). The Kier molecular flexibility index (Phi) is 6.94. The van der Waals surface area contributed by atoms with E-state index in [1.807, 2.05) is 46.0 Å². The number of ether oxygens (including phenoxy) is 2. The van der Waals surface area contributed by atoms with Gasteiger partial charge in [0.1, 0.15) is 0 Å². The maximum Gasteiger partial charge on any atom is 0.200 e. The Morgan fingerprint density at radius 2 is 1.63 bits per heavy atom. The molecule has 1 atom stereocenters. The minimum Gasteiger partial charge on any atom is -0.502 e. The van der Waals surface area contributed by atoms with Crippen LogP contribution >= 0.6 is 7.14 Å². The molecule has 0 amide bonds. The SMILES string of the molecule is COc1cc(C(Cc2cccnc2)P(=O)(C(C)C)C(C)C)cc(OC)c1O. The Bertz CT molecular complexity index is 768.